The van der Waals surface area contributed by atoms with Crippen LogP contribution in [0.15, 0.2) is 27.2 Å². The maximum absolute atomic E-state index is 12.8. The van der Waals surface area contributed by atoms with Gasteiger partial charge >= 0.3 is 0 Å². The SMILES string of the molecule is Cc1ccnc(NC(=O)C2CCN(C(=O)c3c(C)oc(C)c3Br)CC2)c1. The fraction of sp³-hybridized carbons (Fsp3) is 0.421. The fourth-order valence-corrected chi connectivity index (χ4v) is 3.77. The highest BCUT2D eigenvalue weighted by atomic mass is 79.9. The number of hydrogen-bond donors (Lipinski definition) is 1. The Bertz CT molecular complexity index is 839. The van der Waals surface area contributed by atoms with Crippen LogP contribution in [-0.2, 0) is 4.79 Å². The summed E-state index contributed by atoms with van der Waals surface area (Å²) in [6.07, 6.45) is 2.95. The molecule has 2 aromatic heterocycles. The van der Waals surface area contributed by atoms with Crippen molar-refractivity contribution in [2.75, 3.05) is 18.4 Å². The summed E-state index contributed by atoms with van der Waals surface area (Å²) in [7, 11) is 0. The van der Waals surface area contributed by atoms with Crippen molar-refractivity contribution in [1.29, 1.82) is 0 Å². The van der Waals surface area contributed by atoms with Gasteiger partial charge in [-0.05, 0) is 67.2 Å². The Morgan fingerprint density at radius 2 is 1.92 bits per heavy atom. The molecule has 1 N–H and O–H groups in total. The van der Waals surface area contributed by atoms with E-state index in [2.05, 4.69) is 26.2 Å². The van der Waals surface area contributed by atoms with E-state index in [1.165, 1.54) is 0 Å². The van der Waals surface area contributed by atoms with Crippen LogP contribution in [0, 0.1) is 26.7 Å². The molecule has 0 aromatic carbocycles. The summed E-state index contributed by atoms with van der Waals surface area (Å²) in [6, 6.07) is 3.73. The predicted molar refractivity (Wildman–Crippen MR) is 102 cm³/mol. The number of pyridine rings is 1. The number of carbonyl (C=O) groups is 2. The maximum Gasteiger partial charge on any atom is 0.258 e. The highest BCUT2D eigenvalue weighted by Crippen LogP contribution is 2.30. The lowest BCUT2D eigenvalue weighted by Gasteiger charge is -2.31. The van der Waals surface area contributed by atoms with Crippen molar-refractivity contribution in [1.82, 2.24) is 9.88 Å². The van der Waals surface area contributed by atoms with Gasteiger partial charge in [0.1, 0.15) is 17.3 Å². The van der Waals surface area contributed by atoms with Crippen molar-refractivity contribution in [3.05, 3.63) is 45.4 Å². The average molecular weight is 420 g/mol. The van der Waals surface area contributed by atoms with Gasteiger partial charge in [-0.25, -0.2) is 4.98 Å². The first-order valence-corrected chi connectivity index (χ1v) is 9.44. The van der Waals surface area contributed by atoms with Crippen LogP contribution in [0.4, 0.5) is 5.82 Å². The first-order chi connectivity index (χ1) is 12.4. The Morgan fingerprint density at radius 1 is 1.23 bits per heavy atom. The standard InChI is InChI=1S/C19H22BrN3O3/c1-11-4-7-21-15(10-11)22-18(24)14-5-8-23(9-6-14)19(25)16-12(2)26-13(3)17(16)20/h4,7,10,14H,5-6,8-9H2,1-3H3,(H,21,22,24). The number of carbonyl (C=O) groups excluding carboxylic acids is 2. The minimum atomic E-state index is -0.114. The lowest BCUT2D eigenvalue weighted by molar-refractivity contribution is -0.121. The molecule has 1 fully saturated rings. The first kappa shape index (κ1) is 18.6. The summed E-state index contributed by atoms with van der Waals surface area (Å²) in [5, 5.41) is 2.87. The van der Waals surface area contributed by atoms with Crippen molar-refractivity contribution in [2.45, 2.75) is 33.6 Å². The molecule has 7 heteroatoms. The lowest BCUT2D eigenvalue weighted by atomic mass is 9.95. The molecule has 3 heterocycles. The monoisotopic (exact) mass is 419 g/mol. The van der Waals surface area contributed by atoms with Crippen molar-refractivity contribution >= 4 is 33.6 Å². The van der Waals surface area contributed by atoms with Gasteiger partial charge in [0.15, 0.2) is 0 Å². The van der Waals surface area contributed by atoms with Gasteiger partial charge in [0.05, 0.1) is 10.0 Å². The lowest BCUT2D eigenvalue weighted by Crippen LogP contribution is -2.41. The summed E-state index contributed by atoms with van der Waals surface area (Å²) in [4.78, 5) is 31.2. The van der Waals surface area contributed by atoms with Gasteiger partial charge in [-0.2, -0.15) is 0 Å². The summed E-state index contributed by atoms with van der Waals surface area (Å²) < 4.78 is 6.24. The zero-order chi connectivity index (χ0) is 18.8. The molecule has 0 radical (unpaired) electrons. The number of likely N-dealkylation sites (tertiary alicyclic amines) is 1. The zero-order valence-corrected chi connectivity index (χ0v) is 16.7. The summed E-state index contributed by atoms with van der Waals surface area (Å²) in [6.45, 7) is 6.67. The van der Waals surface area contributed by atoms with Crippen molar-refractivity contribution in [3.63, 3.8) is 0 Å². The summed E-state index contributed by atoms with van der Waals surface area (Å²) in [5.74, 6) is 1.69. The minimum Gasteiger partial charge on any atom is -0.465 e. The Kier molecular flexibility index (Phi) is 5.46. The fourth-order valence-electron chi connectivity index (χ4n) is 3.24. The molecule has 1 saturated heterocycles. The molecule has 1 aliphatic rings. The predicted octanol–water partition coefficient (Wildman–Crippen LogP) is 3.85. The molecule has 6 nitrogen and oxygen atoms in total. The van der Waals surface area contributed by atoms with E-state index < -0.39 is 0 Å². The normalized spacial score (nSPS) is 15.2. The van der Waals surface area contributed by atoms with E-state index in [-0.39, 0.29) is 17.7 Å². The van der Waals surface area contributed by atoms with Crippen LogP contribution in [0.3, 0.4) is 0 Å². The number of aromatic nitrogens is 1. The molecule has 0 aliphatic carbocycles. The maximum atomic E-state index is 12.8. The number of piperidine rings is 1. The number of halogens is 1. The van der Waals surface area contributed by atoms with Crippen LogP contribution in [0.1, 0.15) is 40.3 Å². The molecule has 2 amide bonds. The molecular formula is C19H22BrN3O3. The van der Waals surface area contributed by atoms with Crippen LogP contribution in [-0.4, -0.2) is 34.8 Å². The van der Waals surface area contributed by atoms with E-state index in [0.29, 0.717) is 53.3 Å². The third-order valence-corrected chi connectivity index (χ3v) is 5.68. The number of hydrogen-bond acceptors (Lipinski definition) is 4. The van der Waals surface area contributed by atoms with Gasteiger partial charge in [-0.3, -0.25) is 9.59 Å². The smallest absolute Gasteiger partial charge is 0.258 e. The van der Waals surface area contributed by atoms with Crippen LogP contribution >= 0.6 is 15.9 Å². The second-order valence-electron chi connectivity index (χ2n) is 6.68. The molecule has 26 heavy (non-hydrogen) atoms. The van der Waals surface area contributed by atoms with Crippen LogP contribution in [0.2, 0.25) is 0 Å². The van der Waals surface area contributed by atoms with Gasteiger partial charge in [0.25, 0.3) is 5.91 Å². The van der Waals surface area contributed by atoms with Gasteiger partial charge in [-0.15, -0.1) is 0 Å². The zero-order valence-electron chi connectivity index (χ0n) is 15.1. The highest BCUT2D eigenvalue weighted by molar-refractivity contribution is 9.10. The molecular weight excluding hydrogens is 398 g/mol. The number of aryl methyl sites for hydroxylation is 3. The molecule has 0 unspecified atom stereocenters. The van der Waals surface area contributed by atoms with E-state index >= 15 is 0 Å². The molecule has 1 aliphatic heterocycles. The molecule has 0 atom stereocenters. The third kappa shape index (κ3) is 3.82. The van der Waals surface area contributed by atoms with Gasteiger partial charge in [0.2, 0.25) is 5.91 Å². The topological polar surface area (TPSA) is 75.4 Å². The molecule has 2 aromatic rings. The molecule has 138 valence electrons. The van der Waals surface area contributed by atoms with Crippen LogP contribution < -0.4 is 5.32 Å². The van der Waals surface area contributed by atoms with Crippen molar-refractivity contribution in [2.24, 2.45) is 5.92 Å². The molecule has 0 saturated carbocycles. The summed E-state index contributed by atoms with van der Waals surface area (Å²) in [5.41, 5.74) is 1.63. The highest BCUT2D eigenvalue weighted by Gasteiger charge is 2.30. The quantitative estimate of drug-likeness (QED) is 0.819. The number of rotatable bonds is 3. The molecule has 0 bridgehead atoms. The molecule has 3 rings (SSSR count). The van der Waals surface area contributed by atoms with E-state index in [4.69, 9.17) is 4.42 Å². The van der Waals surface area contributed by atoms with E-state index in [9.17, 15) is 9.59 Å². The summed E-state index contributed by atoms with van der Waals surface area (Å²) >= 11 is 3.43. The van der Waals surface area contributed by atoms with E-state index in [0.717, 1.165) is 5.56 Å². The van der Waals surface area contributed by atoms with Crippen molar-refractivity contribution in [3.8, 4) is 0 Å². The number of furan rings is 1. The Labute approximate surface area is 161 Å². The second-order valence-corrected chi connectivity index (χ2v) is 7.47. The van der Waals surface area contributed by atoms with Gasteiger partial charge in [0, 0.05) is 25.2 Å². The van der Waals surface area contributed by atoms with Gasteiger partial charge < -0.3 is 14.6 Å². The van der Waals surface area contributed by atoms with Crippen LogP contribution in [0.25, 0.3) is 0 Å². The third-order valence-electron chi connectivity index (χ3n) is 4.72. The van der Waals surface area contributed by atoms with Gasteiger partial charge in [-0.1, -0.05) is 0 Å². The van der Waals surface area contributed by atoms with E-state index in [1.807, 2.05) is 26.0 Å². The Hall–Kier alpha value is -2.15. The average Bonchev–Trinajstić information content (AvgIpc) is 2.86. The molecule has 0 spiro atoms. The van der Waals surface area contributed by atoms with Crippen molar-refractivity contribution < 1.29 is 14.0 Å². The largest absolute Gasteiger partial charge is 0.465 e. The number of anilines is 1. The Balaban J connectivity index is 1.60. The minimum absolute atomic E-state index is 0.0354. The van der Waals surface area contributed by atoms with E-state index in [1.54, 1.807) is 18.0 Å². The number of nitrogens with zero attached hydrogens (tertiary/aromatic N) is 2. The first-order valence-electron chi connectivity index (χ1n) is 8.65. The van der Waals surface area contributed by atoms with Crippen LogP contribution in [0.5, 0.6) is 0 Å². The number of nitrogens with one attached hydrogen (secondary N) is 1. The second kappa shape index (κ2) is 7.61. The number of amides is 2. The Morgan fingerprint density at radius 3 is 2.50 bits per heavy atom.